The molecule has 0 saturated heterocycles. The summed E-state index contributed by atoms with van der Waals surface area (Å²) in [5.41, 5.74) is 5.79. The first-order chi connectivity index (χ1) is 8.47. The first-order valence-corrected chi connectivity index (χ1v) is 6.17. The molecule has 1 aromatic carbocycles. The van der Waals surface area contributed by atoms with Crippen LogP contribution in [-0.2, 0) is 4.79 Å². The Labute approximate surface area is 118 Å². The van der Waals surface area contributed by atoms with Gasteiger partial charge >= 0.3 is 5.97 Å². The number of nitrogens with two attached hydrogens (primary N) is 1. The highest BCUT2D eigenvalue weighted by atomic mass is 79.9. The first kappa shape index (κ1) is 15.1. The van der Waals surface area contributed by atoms with Crippen molar-refractivity contribution in [3.8, 4) is 11.5 Å². The third-order valence-corrected chi connectivity index (χ3v) is 3.37. The minimum absolute atomic E-state index is 0.0871. The predicted molar refractivity (Wildman–Crippen MR) is 71.7 cm³/mol. The molecule has 0 radical (unpaired) electrons. The number of aliphatic carboxylic acids is 1. The maximum Gasteiger partial charge on any atom is 0.312 e. The molecule has 0 fully saturated rings. The monoisotopic (exact) mass is 337 g/mol. The van der Waals surface area contributed by atoms with Crippen molar-refractivity contribution in [3.05, 3.63) is 21.1 Å². The number of carbonyl (C=O) groups is 1. The van der Waals surface area contributed by atoms with Crippen molar-refractivity contribution >= 4 is 33.5 Å². The third-order valence-electron chi connectivity index (χ3n) is 2.47. The molecule has 1 unspecified atom stereocenters. The minimum Gasteiger partial charge on any atom is -0.492 e. The number of halogens is 2. The molecule has 18 heavy (non-hydrogen) atoms. The highest BCUT2D eigenvalue weighted by Gasteiger charge is 2.28. The summed E-state index contributed by atoms with van der Waals surface area (Å²) in [6.45, 7) is -0.0871. The van der Waals surface area contributed by atoms with Gasteiger partial charge in [0, 0.05) is 17.1 Å². The van der Waals surface area contributed by atoms with Gasteiger partial charge in [0.25, 0.3) is 0 Å². The van der Waals surface area contributed by atoms with Crippen LogP contribution < -0.4 is 15.2 Å². The number of carboxylic acids is 1. The summed E-state index contributed by atoms with van der Waals surface area (Å²) in [5, 5.41) is 9.42. The van der Waals surface area contributed by atoms with E-state index in [0.29, 0.717) is 15.8 Å². The van der Waals surface area contributed by atoms with Crippen LogP contribution in [0.25, 0.3) is 0 Å². The number of benzene rings is 1. The molecule has 0 aliphatic heterocycles. The second-order valence-corrected chi connectivity index (χ2v) is 4.71. The summed E-state index contributed by atoms with van der Waals surface area (Å²) in [6, 6.07) is 1.56. The predicted octanol–water partition coefficient (Wildman–Crippen LogP) is 2.25. The molecular weight excluding hydrogens is 325 g/mol. The van der Waals surface area contributed by atoms with E-state index < -0.39 is 11.9 Å². The summed E-state index contributed by atoms with van der Waals surface area (Å²) in [7, 11) is 2.87. The van der Waals surface area contributed by atoms with Crippen molar-refractivity contribution in [2.24, 2.45) is 5.73 Å². The first-order valence-electron chi connectivity index (χ1n) is 5.00. The quantitative estimate of drug-likeness (QED) is 0.860. The third kappa shape index (κ3) is 2.71. The van der Waals surface area contributed by atoms with Gasteiger partial charge in [-0.05, 0) is 22.0 Å². The van der Waals surface area contributed by atoms with Crippen molar-refractivity contribution in [2.45, 2.75) is 5.92 Å². The Balaban J connectivity index is 3.55. The van der Waals surface area contributed by atoms with Crippen molar-refractivity contribution in [1.29, 1.82) is 0 Å². The van der Waals surface area contributed by atoms with Crippen LogP contribution in [0, 0.1) is 0 Å². The second kappa shape index (κ2) is 6.26. The molecule has 100 valence electrons. The Kier molecular flexibility index (Phi) is 5.25. The number of rotatable bonds is 5. The van der Waals surface area contributed by atoms with Gasteiger partial charge < -0.3 is 20.3 Å². The zero-order valence-corrected chi connectivity index (χ0v) is 12.2. The van der Waals surface area contributed by atoms with Crippen LogP contribution in [0.1, 0.15) is 11.5 Å². The lowest BCUT2D eigenvalue weighted by atomic mass is 9.97. The smallest absolute Gasteiger partial charge is 0.312 e. The molecule has 3 N–H and O–H groups in total. The molecule has 5 nitrogen and oxygen atoms in total. The van der Waals surface area contributed by atoms with Crippen molar-refractivity contribution in [3.63, 3.8) is 0 Å². The van der Waals surface area contributed by atoms with Crippen LogP contribution in [-0.4, -0.2) is 31.8 Å². The Morgan fingerprint density at radius 3 is 2.44 bits per heavy atom. The number of carboxylic acid groups (broad SMARTS) is 1. The molecule has 0 spiro atoms. The van der Waals surface area contributed by atoms with Gasteiger partial charge in [-0.3, -0.25) is 4.79 Å². The lowest BCUT2D eigenvalue weighted by Gasteiger charge is -2.19. The average Bonchev–Trinajstić information content (AvgIpc) is 2.31. The maximum absolute atomic E-state index is 11.2. The van der Waals surface area contributed by atoms with Crippen LogP contribution in [0.15, 0.2) is 10.5 Å². The molecule has 1 atom stereocenters. The summed E-state index contributed by atoms with van der Waals surface area (Å²) in [6.07, 6.45) is 0. The van der Waals surface area contributed by atoms with Gasteiger partial charge in [0.2, 0.25) is 0 Å². The van der Waals surface area contributed by atoms with E-state index in [4.69, 9.17) is 31.9 Å². The fourth-order valence-corrected chi connectivity index (χ4v) is 2.68. The summed E-state index contributed by atoms with van der Waals surface area (Å²) < 4.78 is 11.0. The molecular formula is C11H13BrClNO4. The van der Waals surface area contributed by atoms with Crippen LogP contribution in [0.2, 0.25) is 5.02 Å². The average molecular weight is 339 g/mol. The number of hydrogen-bond acceptors (Lipinski definition) is 4. The van der Waals surface area contributed by atoms with Crippen LogP contribution in [0.4, 0.5) is 0 Å². The maximum atomic E-state index is 11.2. The van der Waals surface area contributed by atoms with E-state index in [-0.39, 0.29) is 17.3 Å². The lowest BCUT2D eigenvalue weighted by Crippen LogP contribution is -2.22. The van der Waals surface area contributed by atoms with E-state index in [0.717, 1.165) is 0 Å². The molecule has 0 saturated carbocycles. The molecule has 1 rings (SSSR count). The zero-order chi connectivity index (χ0) is 13.9. The van der Waals surface area contributed by atoms with Crippen LogP contribution in [0.3, 0.4) is 0 Å². The lowest BCUT2D eigenvalue weighted by molar-refractivity contribution is -0.138. The van der Waals surface area contributed by atoms with Gasteiger partial charge in [0.15, 0.2) is 11.5 Å². The number of hydrogen-bond donors (Lipinski definition) is 2. The van der Waals surface area contributed by atoms with Crippen LogP contribution in [0.5, 0.6) is 11.5 Å². The summed E-state index contributed by atoms with van der Waals surface area (Å²) >= 11 is 9.35. The second-order valence-electron chi connectivity index (χ2n) is 3.45. The SMILES string of the molecule is COc1c(Br)cc(Cl)c(C(CN)C(=O)O)c1OC. The van der Waals surface area contributed by atoms with E-state index in [1.807, 2.05) is 0 Å². The molecule has 1 aromatic rings. The molecule has 7 heteroatoms. The van der Waals surface area contributed by atoms with E-state index >= 15 is 0 Å². The zero-order valence-electron chi connectivity index (χ0n) is 9.87. The van der Waals surface area contributed by atoms with E-state index in [1.165, 1.54) is 14.2 Å². The highest BCUT2D eigenvalue weighted by molar-refractivity contribution is 9.10. The minimum atomic E-state index is -1.07. The summed E-state index contributed by atoms with van der Waals surface area (Å²) in [5.74, 6) is -1.36. The fraction of sp³-hybridized carbons (Fsp3) is 0.364. The topological polar surface area (TPSA) is 81.8 Å². The molecule has 0 bridgehead atoms. The molecule has 0 aliphatic carbocycles. The Bertz CT molecular complexity index is 467. The van der Waals surface area contributed by atoms with Crippen molar-refractivity contribution < 1.29 is 19.4 Å². The van der Waals surface area contributed by atoms with E-state index in [2.05, 4.69) is 15.9 Å². The van der Waals surface area contributed by atoms with Gasteiger partial charge in [-0.25, -0.2) is 0 Å². The van der Waals surface area contributed by atoms with Gasteiger partial charge in [-0.2, -0.15) is 0 Å². The van der Waals surface area contributed by atoms with Gasteiger partial charge in [-0.1, -0.05) is 11.6 Å². The molecule has 0 aromatic heterocycles. The van der Waals surface area contributed by atoms with Gasteiger partial charge in [0.1, 0.15) is 0 Å². The highest BCUT2D eigenvalue weighted by Crippen LogP contribution is 2.45. The Morgan fingerprint density at radius 1 is 1.50 bits per heavy atom. The van der Waals surface area contributed by atoms with Crippen molar-refractivity contribution in [2.75, 3.05) is 20.8 Å². The molecule has 0 aliphatic rings. The van der Waals surface area contributed by atoms with E-state index in [9.17, 15) is 4.79 Å². The normalized spacial score (nSPS) is 12.1. The summed E-state index contributed by atoms with van der Waals surface area (Å²) in [4.78, 5) is 11.2. The van der Waals surface area contributed by atoms with Crippen molar-refractivity contribution in [1.82, 2.24) is 0 Å². The number of ether oxygens (including phenoxy) is 2. The van der Waals surface area contributed by atoms with Gasteiger partial charge in [0.05, 0.1) is 24.6 Å². The van der Waals surface area contributed by atoms with Gasteiger partial charge in [-0.15, -0.1) is 0 Å². The fourth-order valence-electron chi connectivity index (χ4n) is 1.65. The standard InChI is InChI=1S/C11H13BrClNO4/c1-17-9-6(12)3-7(13)8(10(9)18-2)5(4-14)11(15)16/h3,5H,4,14H2,1-2H3,(H,15,16). The van der Waals surface area contributed by atoms with Crippen LogP contribution >= 0.6 is 27.5 Å². The Morgan fingerprint density at radius 2 is 2.06 bits per heavy atom. The molecule has 0 amide bonds. The number of methoxy groups -OCH3 is 2. The Hall–Kier alpha value is -0.980. The largest absolute Gasteiger partial charge is 0.492 e. The molecule has 0 heterocycles. The van der Waals surface area contributed by atoms with E-state index in [1.54, 1.807) is 6.07 Å².